The van der Waals surface area contributed by atoms with E-state index in [4.69, 9.17) is 10.8 Å². The van der Waals surface area contributed by atoms with E-state index in [1.54, 1.807) is 7.05 Å². The summed E-state index contributed by atoms with van der Waals surface area (Å²) >= 11 is 0. The second kappa shape index (κ2) is 3.83. The highest BCUT2D eigenvalue weighted by Crippen LogP contribution is 2.22. The number of nitrogens with two attached hydrogens (primary N) is 1. The van der Waals surface area contributed by atoms with Gasteiger partial charge in [-0.05, 0) is 6.07 Å². The summed E-state index contributed by atoms with van der Waals surface area (Å²) in [6, 6.07) is 1.24. The smallest absolute Gasteiger partial charge is 0.265 e. The molecular formula is C9H13N3O4S. The van der Waals surface area contributed by atoms with Crippen LogP contribution in [0.2, 0.25) is 0 Å². The zero-order valence-electron chi connectivity index (χ0n) is 9.20. The Morgan fingerprint density at radius 1 is 1.53 bits per heavy atom. The van der Waals surface area contributed by atoms with Gasteiger partial charge in [-0.15, -0.1) is 0 Å². The molecule has 3 N–H and O–H groups in total. The number of aliphatic hydroxyl groups is 1. The number of primary amides is 1. The van der Waals surface area contributed by atoms with Crippen molar-refractivity contribution in [2.75, 3.05) is 13.1 Å². The van der Waals surface area contributed by atoms with Crippen LogP contribution in [-0.2, 0) is 17.1 Å². The number of nitrogens with zero attached hydrogens (tertiary/aromatic N) is 2. The zero-order valence-corrected chi connectivity index (χ0v) is 10.0. The van der Waals surface area contributed by atoms with E-state index in [0.717, 1.165) is 4.31 Å². The third-order valence-corrected chi connectivity index (χ3v) is 4.50. The van der Waals surface area contributed by atoms with Crippen LogP contribution < -0.4 is 5.73 Å². The Morgan fingerprint density at radius 2 is 2.12 bits per heavy atom. The molecule has 1 aliphatic rings. The Hall–Kier alpha value is -1.38. The number of aromatic nitrogens is 1. The summed E-state index contributed by atoms with van der Waals surface area (Å²) in [4.78, 5) is 11.0. The normalized spacial score (nSPS) is 18.0. The predicted molar refractivity (Wildman–Crippen MR) is 58.7 cm³/mol. The van der Waals surface area contributed by atoms with E-state index >= 15 is 0 Å². The van der Waals surface area contributed by atoms with Gasteiger partial charge in [0.1, 0.15) is 10.6 Å². The van der Waals surface area contributed by atoms with Crippen LogP contribution in [0.4, 0.5) is 0 Å². The number of β-amino-alcohol motifs (C(OH)–C–C–N with tert-alkyl or cyclic N) is 1. The molecule has 0 unspecified atom stereocenters. The van der Waals surface area contributed by atoms with Gasteiger partial charge in [-0.25, -0.2) is 8.42 Å². The summed E-state index contributed by atoms with van der Waals surface area (Å²) in [7, 11) is -2.08. The molecule has 1 saturated heterocycles. The maximum atomic E-state index is 12.0. The summed E-state index contributed by atoms with van der Waals surface area (Å²) in [5, 5.41) is 9.09. The van der Waals surface area contributed by atoms with Crippen molar-refractivity contribution < 1.29 is 18.3 Å². The van der Waals surface area contributed by atoms with Crippen molar-refractivity contribution in [1.82, 2.24) is 8.87 Å². The highest BCUT2D eigenvalue weighted by atomic mass is 32.2. The van der Waals surface area contributed by atoms with Crippen LogP contribution in [0.15, 0.2) is 17.2 Å². The van der Waals surface area contributed by atoms with Gasteiger partial charge in [-0.1, -0.05) is 0 Å². The Balaban J connectivity index is 2.34. The molecule has 7 nitrogen and oxygen atoms in total. The fraction of sp³-hybridized carbons (Fsp3) is 0.444. The molecule has 0 saturated carbocycles. The maximum Gasteiger partial charge on any atom is 0.265 e. The Bertz CT molecular complexity index is 557. The summed E-state index contributed by atoms with van der Waals surface area (Å²) in [5.74, 6) is -0.683. The molecule has 94 valence electrons. The molecule has 2 heterocycles. The van der Waals surface area contributed by atoms with Crippen molar-refractivity contribution in [3.63, 3.8) is 0 Å². The first-order valence-corrected chi connectivity index (χ1v) is 6.41. The summed E-state index contributed by atoms with van der Waals surface area (Å²) in [6.45, 7) is 0.173. The van der Waals surface area contributed by atoms with Gasteiger partial charge < -0.3 is 15.4 Å². The fourth-order valence-electron chi connectivity index (χ4n) is 1.68. The van der Waals surface area contributed by atoms with Crippen molar-refractivity contribution in [3.05, 3.63) is 18.0 Å². The van der Waals surface area contributed by atoms with Gasteiger partial charge >= 0.3 is 0 Å². The van der Waals surface area contributed by atoms with Crippen LogP contribution in [0.25, 0.3) is 0 Å². The van der Waals surface area contributed by atoms with Crippen LogP contribution in [0, 0.1) is 0 Å². The molecular weight excluding hydrogens is 246 g/mol. The maximum absolute atomic E-state index is 12.0. The van der Waals surface area contributed by atoms with Crippen molar-refractivity contribution in [1.29, 1.82) is 0 Å². The highest BCUT2D eigenvalue weighted by molar-refractivity contribution is 7.89. The standard InChI is InChI=1S/C9H13N3O4S/c1-11-5-7(2-8(11)9(10)14)17(15,16)12-3-6(13)4-12/h2,5-6,13H,3-4H2,1H3,(H2,10,14). The predicted octanol–water partition coefficient (Wildman–Crippen LogP) is -1.51. The van der Waals surface area contributed by atoms with Crippen molar-refractivity contribution in [3.8, 4) is 0 Å². The number of carbonyl (C=O) groups is 1. The van der Waals surface area contributed by atoms with E-state index in [1.807, 2.05) is 0 Å². The summed E-state index contributed by atoms with van der Waals surface area (Å²) in [6.07, 6.45) is 0.726. The van der Waals surface area contributed by atoms with Crippen LogP contribution in [-0.4, -0.2) is 47.5 Å². The average molecular weight is 259 g/mol. The van der Waals surface area contributed by atoms with E-state index < -0.39 is 22.0 Å². The molecule has 1 aromatic rings. The van der Waals surface area contributed by atoms with Gasteiger partial charge in [-0.2, -0.15) is 4.31 Å². The van der Waals surface area contributed by atoms with Crippen molar-refractivity contribution in [2.24, 2.45) is 12.8 Å². The monoisotopic (exact) mass is 259 g/mol. The third-order valence-electron chi connectivity index (χ3n) is 2.70. The first kappa shape index (κ1) is 12.1. The van der Waals surface area contributed by atoms with E-state index in [-0.39, 0.29) is 23.7 Å². The topological polar surface area (TPSA) is 106 Å². The Morgan fingerprint density at radius 3 is 2.53 bits per heavy atom. The van der Waals surface area contributed by atoms with Crippen LogP contribution in [0.1, 0.15) is 10.5 Å². The molecule has 8 heteroatoms. The van der Waals surface area contributed by atoms with Gasteiger partial charge in [0.2, 0.25) is 10.0 Å². The molecule has 0 atom stereocenters. The number of carbonyl (C=O) groups excluding carboxylic acids is 1. The first-order chi connectivity index (χ1) is 7.82. The molecule has 0 spiro atoms. The van der Waals surface area contributed by atoms with Gasteiger partial charge in [0.15, 0.2) is 0 Å². The molecule has 0 bridgehead atoms. The number of aliphatic hydroxyl groups excluding tert-OH is 1. The molecule has 0 aromatic carbocycles. The molecule has 1 amide bonds. The second-order valence-electron chi connectivity index (χ2n) is 4.01. The molecule has 1 fully saturated rings. The quantitative estimate of drug-likeness (QED) is 0.688. The average Bonchev–Trinajstić information content (AvgIpc) is 2.56. The van der Waals surface area contributed by atoms with Crippen LogP contribution in [0.5, 0.6) is 0 Å². The molecule has 0 radical (unpaired) electrons. The van der Waals surface area contributed by atoms with E-state index in [1.165, 1.54) is 16.8 Å². The van der Waals surface area contributed by atoms with Gasteiger partial charge in [0, 0.05) is 26.3 Å². The number of hydrogen-bond donors (Lipinski definition) is 2. The van der Waals surface area contributed by atoms with Crippen molar-refractivity contribution >= 4 is 15.9 Å². The van der Waals surface area contributed by atoms with Gasteiger partial charge in [0.25, 0.3) is 5.91 Å². The minimum Gasteiger partial charge on any atom is -0.390 e. The van der Waals surface area contributed by atoms with Crippen LogP contribution in [0.3, 0.4) is 0 Å². The van der Waals surface area contributed by atoms with Crippen molar-refractivity contribution in [2.45, 2.75) is 11.0 Å². The first-order valence-electron chi connectivity index (χ1n) is 4.97. The second-order valence-corrected chi connectivity index (χ2v) is 5.95. The van der Waals surface area contributed by atoms with Gasteiger partial charge in [0.05, 0.1) is 6.10 Å². The lowest BCUT2D eigenvalue weighted by molar-refractivity contribution is 0.0548. The minimum absolute atomic E-state index is 0.0145. The molecule has 17 heavy (non-hydrogen) atoms. The number of rotatable bonds is 3. The highest BCUT2D eigenvalue weighted by Gasteiger charge is 2.36. The fourth-order valence-corrected chi connectivity index (χ4v) is 3.27. The molecule has 1 aromatic heterocycles. The number of aryl methyl sites for hydroxylation is 1. The lowest BCUT2D eigenvalue weighted by atomic mass is 10.2. The molecule has 0 aliphatic carbocycles. The van der Waals surface area contributed by atoms with E-state index in [2.05, 4.69) is 0 Å². The Labute approximate surface area is 98.5 Å². The molecule has 2 rings (SSSR count). The lowest BCUT2D eigenvalue weighted by Gasteiger charge is -2.34. The largest absolute Gasteiger partial charge is 0.390 e. The third kappa shape index (κ3) is 1.94. The molecule has 1 aliphatic heterocycles. The minimum atomic E-state index is -3.63. The SMILES string of the molecule is Cn1cc(S(=O)(=O)N2CC(O)C2)cc1C(N)=O. The number of sulfonamides is 1. The summed E-state index contributed by atoms with van der Waals surface area (Å²) < 4.78 is 26.5. The number of amides is 1. The Kier molecular flexibility index (Phi) is 2.72. The van der Waals surface area contributed by atoms with Gasteiger partial charge in [-0.3, -0.25) is 4.79 Å². The van der Waals surface area contributed by atoms with E-state index in [9.17, 15) is 13.2 Å². The van der Waals surface area contributed by atoms with Crippen LogP contribution >= 0.6 is 0 Å². The number of hydrogen-bond acceptors (Lipinski definition) is 4. The lowest BCUT2D eigenvalue weighted by Crippen LogP contribution is -2.53. The summed E-state index contributed by atoms with van der Waals surface area (Å²) in [5.41, 5.74) is 5.24. The van der Waals surface area contributed by atoms with E-state index in [0.29, 0.717) is 0 Å². The zero-order chi connectivity index (χ0) is 12.8.